The van der Waals surface area contributed by atoms with Crippen LogP contribution in [0.1, 0.15) is 32.8 Å². The number of hydrogen-bond acceptors (Lipinski definition) is 4. The molecule has 1 aromatic heterocycles. The molecule has 1 N–H and O–H groups in total. The average Bonchev–Trinajstić information content (AvgIpc) is 2.78. The van der Waals surface area contributed by atoms with Crippen molar-refractivity contribution in [3.63, 3.8) is 0 Å². The minimum Gasteiger partial charge on any atom is -0.377 e. The molecule has 0 saturated carbocycles. The molecule has 1 aliphatic rings. The second-order valence-corrected chi connectivity index (χ2v) is 6.08. The van der Waals surface area contributed by atoms with Crippen LogP contribution < -0.4 is 5.32 Å². The van der Waals surface area contributed by atoms with Gasteiger partial charge in [0.2, 0.25) is 0 Å². The Balaban J connectivity index is 1.80. The van der Waals surface area contributed by atoms with Gasteiger partial charge in [0.15, 0.2) is 0 Å². The predicted molar refractivity (Wildman–Crippen MR) is 71.0 cm³/mol. The molecule has 0 aliphatic carbocycles. The Morgan fingerprint density at radius 1 is 1.33 bits per heavy atom. The standard InChI is InChI=1S/C14H23N3O/c1-14(2,3)13-12(4-5-18-13)9-15-6-11-7-16-10-17-8-11/h7-8,10,12-13,15H,4-6,9H2,1-3H3/t12-,13+/m1/s1. The number of aromatic nitrogens is 2. The Bertz CT molecular complexity index is 361. The molecule has 0 amide bonds. The van der Waals surface area contributed by atoms with Crippen LogP contribution >= 0.6 is 0 Å². The van der Waals surface area contributed by atoms with Crippen LogP contribution in [-0.2, 0) is 11.3 Å². The first-order valence-electron chi connectivity index (χ1n) is 6.63. The molecule has 2 rings (SSSR count). The molecule has 0 radical (unpaired) electrons. The zero-order valence-electron chi connectivity index (χ0n) is 11.5. The largest absolute Gasteiger partial charge is 0.377 e. The van der Waals surface area contributed by atoms with Crippen molar-refractivity contribution in [2.45, 2.75) is 39.8 Å². The number of ether oxygens (including phenoxy) is 1. The Morgan fingerprint density at radius 3 is 2.72 bits per heavy atom. The molecule has 1 aliphatic heterocycles. The first-order valence-corrected chi connectivity index (χ1v) is 6.63. The van der Waals surface area contributed by atoms with Crippen LogP contribution in [0.25, 0.3) is 0 Å². The molecule has 18 heavy (non-hydrogen) atoms. The van der Waals surface area contributed by atoms with E-state index in [9.17, 15) is 0 Å². The van der Waals surface area contributed by atoms with Crippen LogP contribution in [0.5, 0.6) is 0 Å². The molecular weight excluding hydrogens is 226 g/mol. The third kappa shape index (κ3) is 3.50. The summed E-state index contributed by atoms with van der Waals surface area (Å²) >= 11 is 0. The van der Waals surface area contributed by atoms with Gasteiger partial charge >= 0.3 is 0 Å². The van der Waals surface area contributed by atoms with Gasteiger partial charge in [-0.15, -0.1) is 0 Å². The Labute approximate surface area is 109 Å². The summed E-state index contributed by atoms with van der Waals surface area (Å²) in [5.74, 6) is 0.606. The summed E-state index contributed by atoms with van der Waals surface area (Å²) in [5.41, 5.74) is 1.35. The summed E-state index contributed by atoms with van der Waals surface area (Å²) in [6.45, 7) is 9.47. The lowest BCUT2D eigenvalue weighted by molar-refractivity contribution is 0.00721. The smallest absolute Gasteiger partial charge is 0.115 e. The van der Waals surface area contributed by atoms with Crippen LogP contribution in [-0.4, -0.2) is 29.2 Å². The van der Waals surface area contributed by atoms with Crippen LogP contribution in [0.2, 0.25) is 0 Å². The van der Waals surface area contributed by atoms with E-state index in [4.69, 9.17) is 4.74 Å². The van der Waals surface area contributed by atoms with Crippen LogP contribution in [0.4, 0.5) is 0 Å². The van der Waals surface area contributed by atoms with Gasteiger partial charge in [0.25, 0.3) is 0 Å². The van der Waals surface area contributed by atoms with Crippen molar-refractivity contribution < 1.29 is 4.74 Å². The molecule has 4 nitrogen and oxygen atoms in total. The van der Waals surface area contributed by atoms with Gasteiger partial charge < -0.3 is 10.1 Å². The number of rotatable bonds is 4. The van der Waals surface area contributed by atoms with Gasteiger partial charge in [-0.3, -0.25) is 0 Å². The molecule has 100 valence electrons. The lowest BCUT2D eigenvalue weighted by Crippen LogP contribution is -2.36. The third-order valence-corrected chi connectivity index (χ3v) is 3.42. The van der Waals surface area contributed by atoms with Crippen LogP contribution in [0, 0.1) is 11.3 Å². The fourth-order valence-corrected chi connectivity index (χ4v) is 2.62. The van der Waals surface area contributed by atoms with Gasteiger partial charge in [-0.05, 0) is 11.8 Å². The van der Waals surface area contributed by atoms with E-state index in [2.05, 4.69) is 36.1 Å². The van der Waals surface area contributed by atoms with E-state index in [1.165, 1.54) is 0 Å². The highest BCUT2D eigenvalue weighted by Crippen LogP contribution is 2.34. The van der Waals surface area contributed by atoms with E-state index in [0.717, 1.165) is 31.7 Å². The van der Waals surface area contributed by atoms with Crippen molar-refractivity contribution in [2.75, 3.05) is 13.2 Å². The summed E-state index contributed by atoms with van der Waals surface area (Å²) < 4.78 is 5.87. The van der Waals surface area contributed by atoms with Crippen molar-refractivity contribution >= 4 is 0 Å². The van der Waals surface area contributed by atoms with Crippen LogP contribution in [0.15, 0.2) is 18.7 Å². The summed E-state index contributed by atoms with van der Waals surface area (Å²) in [5, 5.41) is 3.49. The van der Waals surface area contributed by atoms with Gasteiger partial charge in [0.1, 0.15) is 6.33 Å². The van der Waals surface area contributed by atoms with E-state index in [1.54, 1.807) is 6.33 Å². The SMILES string of the molecule is CC(C)(C)[C@H]1OCC[C@@H]1CNCc1cncnc1. The lowest BCUT2D eigenvalue weighted by Gasteiger charge is -2.31. The predicted octanol–water partition coefficient (Wildman–Crippen LogP) is 2.02. The van der Waals surface area contributed by atoms with E-state index in [1.807, 2.05) is 12.4 Å². The fraction of sp³-hybridized carbons (Fsp3) is 0.714. The highest BCUT2D eigenvalue weighted by molar-refractivity contribution is 5.01. The zero-order chi connectivity index (χ0) is 13.0. The molecule has 2 atom stereocenters. The zero-order valence-corrected chi connectivity index (χ0v) is 11.5. The molecule has 2 heterocycles. The van der Waals surface area contributed by atoms with Gasteiger partial charge in [-0.25, -0.2) is 9.97 Å². The van der Waals surface area contributed by atoms with Crippen molar-refractivity contribution in [3.8, 4) is 0 Å². The van der Waals surface area contributed by atoms with Crippen molar-refractivity contribution in [1.29, 1.82) is 0 Å². The Kier molecular flexibility index (Phi) is 4.30. The van der Waals surface area contributed by atoms with E-state index < -0.39 is 0 Å². The molecule has 4 heteroatoms. The lowest BCUT2D eigenvalue weighted by atomic mass is 9.81. The minimum absolute atomic E-state index is 0.221. The van der Waals surface area contributed by atoms with Gasteiger partial charge in [-0.2, -0.15) is 0 Å². The molecule has 1 aromatic rings. The van der Waals surface area contributed by atoms with E-state index >= 15 is 0 Å². The maximum absolute atomic E-state index is 5.87. The monoisotopic (exact) mass is 249 g/mol. The molecule has 1 fully saturated rings. The fourth-order valence-electron chi connectivity index (χ4n) is 2.62. The number of nitrogens with one attached hydrogen (secondary N) is 1. The van der Waals surface area contributed by atoms with Gasteiger partial charge in [0, 0.05) is 43.6 Å². The average molecular weight is 249 g/mol. The summed E-state index contributed by atoms with van der Waals surface area (Å²) in [6, 6.07) is 0. The highest BCUT2D eigenvalue weighted by Gasteiger charge is 2.36. The molecule has 0 bridgehead atoms. The molecular formula is C14H23N3O. The van der Waals surface area contributed by atoms with Gasteiger partial charge in [0.05, 0.1) is 6.10 Å². The minimum atomic E-state index is 0.221. The van der Waals surface area contributed by atoms with Crippen molar-refractivity contribution in [3.05, 3.63) is 24.3 Å². The maximum atomic E-state index is 5.87. The molecule has 0 aromatic carbocycles. The second kappa shape index (κ2) is 5.76. The topological polar surface area (TPSA) is 47.0 Å². The summed E-state index contributed by atoms with van der Waals surface area (Å²) in [6.07, 6.45) is 6.78. The second-order valence-electron chi connectivity index (χ2n) is 6.08. The maximum Gasteiger partial charge on any atom is 0.115 e. The quantitative estimate of drug-likeness (QED) is 0.887. The van der Waals surface area contributed by atoms with Crippen molar-refractivity contribution in [2.24, 2.45) is 11.3 Å². The highest BCUT2D eigenvalue weighted by atomic mass is 16.5. The van der Waals surface area contributed by atoms with Gasteiger partial charge in [-0.1, -0.05) is 20.8 Å². The number of hydrogen-bond donors (Lipinski definition) is 1. The van der Waals surface area contributed by atoms with Crippen LogP contribution in [0.3, 0.4) is 0 Å². The Morgan fingerprint density at radius 2 is 2.06 bits per heavy atom. The summed E-state index contributed by atoms with van der Waals surface area (Å²) in [4.78, 5) is 8.03. The van der Waals surface area contributed by atoms with E-state index in [0.29, 0.717) is 12.0 Å². The molecule has 0 unspecified atom stereocenters. The number of nitrogens with zero attached hydrogens (tertiary/aromatic N) is 2. The first kappa shape index (κ1) is 13.4. The normalized spacial score (nSPS) is 24.4. The molecule has 1 saturated heterocycles. The Hall–Kier alpha value is -1.00. The summed E-state index contributed by atoms with van der Waals surface area (Å²) in [7, 11) is 0. The molecule has 0 spiro atoms. The first-order chi connectivity index (χ1) is 8.57. The van der Waals surface area contributed by atoms with Crippen molar-refractivity contribution in [1.82, 2.24) is 15.3 Å². The van der Waals surface area contributed by atoms with E-state index in [-0.39, 0.29) is 5.41 Å². The third-order valence-electron chi connectivity index (χ3n) is 3.42.